The van der Waals surface area contributed by atoms with Gasteiger partial charge in [-0.05, 0) is 48.2 Å². The lowest BCUT2D eigenvalue weighted by atomic mass is 10.2. The van der Waals surface area contributed by atoms with Crippen molar-refractivity contribution in [3.05, 3.63) is 59.7 Å². The van der Waals surface area contributed by atoms with Crippen molar-refractivity contribution in [2.45, 2.75) is 26.7 Å². The first-order chi connectivity index (χ1) is 8.74. The smallest absolute Gasteiger partial charge is 0.0613 e. The summed E-state index contributed by atoms with van der Waals surface area (Å²) in [5, 5.41) is 1.82. The first kappa shape index (κ1) is 13.0. The third-order valence-electron chi connectivity index (χ3n) is 3.16. The Balaban J connectivity index is 2.23. The van der Waals surface area contributed by atoms with Crippen LogP contribution < -0.4 is 10.6 Å². The van der Waals surface area contributed by atoms with Crippen LogP contribution in [0.2, 0.25) is 0 Å². The summed E-state index contributed by atoms with van der Waals surface area (Å²) in [7, 11) is -1.46. The first-order valence-electron chi connectivity index (χ1n) is 6.39. The minimum Gasteiger partial charge on any atom is -0.0613 e. The second-order valence-electron chi connectivity index (χ2n) is 4.33. The second kappa shape index (κ2) is 5.93. The Kier molecular flexibility index (Phi) is 4.28. The van der Waals surface area contributed by atoms with E-state index in [9.17, 15) is 4.57 Å². The van der Waals surface area contributed by atoms with Gasteiger partial charge in [0.25, 0.3) is 0 Å². The highest BCUT2D eigenvalue weighted by Gasteiger charge is 2.22. The van der Waals surface area contributed by atoms with E-state index in [0.717, 1.165) is 23.5 Å². The van der Waals surface area contributed by atoms with Gasteiger partial charge in [-0.2, -0.15) is 0 Å². The average Bonchev–Trinajstić information content (AvgIpc) is 2.47. The molecule has 0 heterocycles. The third-order valence-corrected chi connectivity index (χ3v) is 4.69. The largest absolute Gasteiger partial charge is 0.415 e. The van der Waals surface area contributed by atoms with Gasteiger partial charge in [0, 0.05) is 0 Å². The molecule has 1 nitrogen and oxygen atoms in total. The van der Waals surface area contributed by atoms with E-state index in [2.05, 4.69) is 38.1 Å². The van der Waals surface area contributed by atoms with E-state index in [-0.39, 0.29) is 0 Å². The van der Waals surface area contributed by atoms with Gasteiger partial charge in [-0.25, -0.2) is 0 Å². The fourth-order valence-electron chi connectivity index (χ4n) is 1.88. The molecule has 2 aromatic rings. The molecular formula is C16H18OP+. The molecule has 0 aromatic heterocycles. The number of rotatable bonds is 4. The quantitative estimate of drug-likeness (QED) is 0.765. The lowest BCUT2D eigenvalue weighted by molar-refractivity contribution is 0.598. The molecule has 0 saturated carbocycles. The SMILES string of the molecule is CCc1ccc([P+](=O)c2ccc(CC)cc2)cc1. The molecular weight excluding hydrogens is 239 g/mol. The lowest BCUT2D eigenvalue weighted by Gasteiger charge is -1.96. The Bertz CT molecular complexity index is 477. The second-order valence-corrected chi connectivity index (χ2v) is 5.96. The van der Waals surface area contributed by atoms with Gasteiger partial charge in [-0.15, -0.1) is 0 Å². The van der Waals surface area contributed by atoms with Crippen molar-refractivity contribution in [3.63, 3.8) is 0 Å². The van der Waals surface area contributed by atoms with Crippen molar-refractivity contribution < 1.29 is 4.57 Å². The van der Waals surface area contributed by atoms with Gasteiger partial charge in [-0.1, -0.05) is 42.7 Å². The molecule has 0 amide bonds. The van der Waals surface area contributed by atoms with Crippen LogP contribution in [-0.4, -0.2) is 0 Å². The van der Waals surface area contributed by atoms with Gasteiger partial charge in [0.1, 0.15) is 0 Å². The van der Waals surface area contributed by atoms with Crippen molar-refractivity contribution in [1.82, 2.24) is 0 Å². The monoisotopic (exact) mass is 257 g/mol. The standard InChI is InChI=1S/C16H18OP/c1-3-13-5-9-15(10-6-13)18(17)16-11-7-14(4-2)8-12-16/h5-12H,3-4H2,1-2H3/q+1. The Morgan fingerprint density at radius 2 is 1.06 bits per heavy atom. The molecule has 0 bridgehead atoms. The van der Waals surface area contributed by atoms with Gasteiger partial charge < -0.3 is 0 Å². The highest BCUT2D eigenvalue weighted by molar-refractivity contribution is 7.61. The molecule has 0 radical (unpaired) electrons. The van der Waals surface area contributed by atoms with Crippen LogP contribution in [0, 0.1) is 0 Å². The summed E-state index contributed by atoms with van der Waals surface area (Å²) < 4.78 is 12.4. The van der Waals surface area contributed by atoms with Crippen molar-refractivity contribution in [2.24, 2.45) is 0 Å². The molecule has 0 aliphatic heterocycles. The van der Waals surface area contributed by atoms with Gasteiger partial charge in [0.05, 0.1) is 0 Å². The van der Waals surface area contributed by atoms with Crippen LogP contribution in [-0.2, 0) is 17.4 Å². The molecule has 2 aromatic carbocycles. The number of hydrogen-bond donors (Lipinski definition) is 0. The minimum atomic E-state index is -1.46. The van der Waals surface area contributed by atoms with Crippen LogP contribution in [0.1, 0.15) is 25.0 Å². The van der Waals surface area contributed by atoms with Crippen molar-refractivity contribution in [3.8, 4) is 0 Å². The van der Waals surface area contributed by atoms with E-state index in [0.29, 0.717) is 0 Å². The topological polar surface area (TPSA) is 17.1 Å². The number of hydrogen-bond acceptors (Lipinski definition) is 1. The summed E-state index contributed by atoms with van der Waals surface area (Å²) in [5.41, 5.74) is 2.56. The summed E-state index contributed by atoms with van der Waals surface area (Å²) in [6.07, 6.45) is 2.03. The molecule has 0 aliphatic carbocycles. The molecule has 0 N–H and O–H groups in total. The molecule has 2 rings (SSSR count). The van der Waals surface area contributed by atoms with E-state index in [4.69, 9.17) is 0 Å². The average molecular weight is 257 g/mol. The van der Waals surface area contributed by atoms with Crippen LogP contribution in [0.5, 0.6) is 0 Å². The summed E-state index contributed by atoms with van der Waals surface area (Å²) in [4.78, 5) is 0. The van der Waals surface area contributed by atoms with E-state index < -0.39 is 7.80 Å². The van der Waals surface area contributed by atoms with Crippen molar-refractivity contribution in [1.29, 1.82) is 0 Å². The predicted molar refractivity (Wildman–Crippen MR) is 78.5 cm³/mol. The first-order valence-corrected chi connectivity index (χ1v) is 7.65. The van der Waals surface area contributed by atoms with Gasteiger partial charge in [0.15, 0.2) is 10.6 Å². The van der Waals surface area contributed by atoms with Crippen LogP contribution in [0.4, 0.5) is 0 Å². The normalized spacial score (nSPS) is 10.3. The molecule has 0 atom stereocenters. The molecule has 0 spiro atoms. The zero-order chi connectivity index (χ0) is 13.0. The minimum absolute atomic E-state index is 0.909. The zero-order valence-corrected chi connectivity index (χ0v) is 11.8. The number of benzene rings is 2. The van der Waals surface area contributed by atoms with Gasteiger partial charge in [-0.3, -0.25) is 0 Å². The molecule has 2 heteroatoms. The highest BCUT2D eigenvalue weighted by Crippen LogP contribution is 2.20. The van der Waals surface area contributed by atoms with E-state index >= 15 is 0 Å². The Hall–Kier alpha value is -1.46. The molecule has 0 fully saturated rings. The summed E-state index contributed by atoms with van der Waals surface area (Å²) in [5.74, 6) is 0. The van der Waals surface area contributed by atoms with Crippen LogP contribution in [0.25, 0.3) is 0 Å². The molecule has 0 saturated heterocycles. The third kappa shape index (κ3) is 2.86. The fraction of sp³-hybridized carbons (Fsp3) is 0.250. The van der Waals surface area contributed by atoms with Crippen molar-refractivity contribution >= 4 is 18.4 Å². The van der Waals surface area contributed by atoms with Crippen molar-refractivity contribution in [2.75, 3.05) is 0 Å². The maximum absolute atomic E-state index is 12.4. The summed E-state index contributed by atoms with van der Waals surface area (Å²) >= 11 is 0. The summed E-state index contributed by atoms with van der Waals surface area (Å²) in [6.45, 7) is 4.25. The van der Waals surface area contributed by atoms with E-state index in [1.807, 2.05) is 24.3 Å². The molecule has 18 heavy (non-hydrogen) atoms. The summed E-state index contributed by atoms with van der Waals surface area (Å²) in [6, 6.07) is 16.1. The van der Waals surface area contributed by atoms with Crippen LogP contribution in [0.3, 0.4) is 0 Å². The Labute approximate surface area is 110 Å². The maximum Gasteiger partial charge on any atom is 0.415 e. The van der Waals surface area contributed by atoms with E-state index in [1.165, 1.54) is 11.1 Å². The zero-order valence-electron chi connectivity index (χ0n) is 10.9. The fourth-order valence-corrected chi connectivity index (χ4v) is 3.02. The maximum atomic E-state index is 12.4. The predicted octanol–water partition coefficient (Wildman–Crippen LogP) is 3.59. The number of aryl methyl sites for hydroxylation is 2. The van der Waals surface area contributed by atoms with Gasteiger partial charge >= 0.3 is 7.80 Å². The molecule has 92 valence electrons. The highest BCUT2D eigenvalue weighted by atomic mass is 31.1. The molecule has 0 aliphatic rings. The Morgan fingerprint density at radius 3 is 1.33 bits per heavy atom. The van der Waals surface area contributed by atoms with Crippen LogP contribution in [0.15, 0.2) is 48.5 Å². The van der Waals surface area contributed by atoms with E-state index in [1.54, 1.807) is 0 Å². The lowest BCUT2D eigenvalue weighted by Crippen LogP contribution is -2.06. The van der Waals surface area contributed by atoms with Gasteiger partial charge in [0.2, 0.25) is 0 Å². The van der Waals surface area contributed by atoms with Crippen LogP contribution >= 0.6 is 7.80 Å². The molecule has 0 unspecified atom stereocenters. The Morgan fingerprint density at radius 1 is 0.722 bits per heavy atom.